The van der Waals surface area contributed by atoms with E-state index in [0.717, 1.165) is 37.7 Å². The number of carbonyl (C=O) groups excluding carboxylic acids is 1. The number of nitrogens with zero attached hydrogens (tertiary/aromatic N) is 1. The molecule has 0 aromatic heterocycles. The Hall–Kier alpha value is -1.55. The highest BCUT2D eigenvalue weighted by molar-refractivity contribution is 5.80. The van der Waals surface area contributed by atoms with Gasteiger partial charge in [0.2, 0.25) is 5.91 Å². The summed E-state index contributed by atoms with van der Waals surface area (Å²) in [5.74, 6) is 0.611. The van der Waals surface area contributed by atoms with E-state index >= 15 is 0 Å². The van der Waals surface area contributed by atoms with Gasteiger partial charge in [-0.2, -0.15) is 0 Å². The molecule has 1 aromatic rings. The van der Waals surface area contributed by atoms with Crippen LogP contribution < -0.4 is 5.73 Å². The van der Waals surface area contributed by atoms with Gasteiger partial charge in [-0.3, -0.25) is 4.79 Å². The second kappa shape index (κ2) is 5.44. The van der Waals surface area contributed by atoms with Crippen LogP contribution in [0.5, 0.6) is 5.75 Å². The summed E-state index contributed by atoms with van der Waals surface area (Å²) in [5.41, 5.74) is 6.92. The second-order valence-corrected chi connectivity index (χ2v) is 6.14. The fourth-order valence-corrected chi connectivity index (χ4v) is 3.10. The normalized spacial score (nSPS) is 25.6. The summed E-state index contributed by atoms with van der Waals surface area (Å²) in [6.45, 7) is 0.601. The summed E-state index contributed by atoms with van der Waals surface area (Å²) in [6, 6.07) is 7.76. The molecule has 0 saturated heterocycles. The molecule has 2 saturated carbocycles. The van der Waals surface area contributed by atoms with Crippen molar-refractivity contribution in [2.75, 3.05) is 0 Å². The molecule has 108 valence electrons. The van der Waals surface area contributed by atoms with E-state index in [-0.39, 0.29) is 23.6 Å². The van der Waals surface area contributed by atoms with Crippen molar-refractivity contribution < 1.29 is 9.90 Å². The highest BCUT2D eigenvalue weighted by Gasteiger charge is 2.38. The number of aromatic hydroxyl groups is 1. The van der Waals surface area contributed by atoms with E-state index in [1.54, 1.807) is 12.1 Å². The predicted octanol–water partition coefficient (Wildman–Crippen LogP) is 2.01. The average Bonchev–Trinajstić information content (AvgIpc) is 3.17. The maximum absolute atomic E-state index is 12.7. The van der Waals surface area contributed by atoms with Crippen LogP contribution in [-0.2, 0) is 11.3 Å². The lowest BCUT2D eigenvalue weighted by atomic mass is 10.1. The Labute approximate surface area is 119 Å². The molecule has 0 radical (unpaired) electrons. The third kappa shape index (κ3) is 2.96. The lowest BCUT2D eigenvalue weighted by molar-refractivity contribution is -0.136. The van der Waals surface area contributed by atoms with Crippen molar-refractivity contribution in [3.63, 3.8) is 0 Å². The Morgan fingerprint density at radius 1 is 1.30 bits per heavy atom. The summed E-state index contributed by atoms with van der Waals surface area (Å²) in [5, 5.41) is 9.55. The molecule has 1 aromatic carbocycles. The molecule has 4 heteroatoms. The first-order valence-electron chi connectivity index (χ1n) is 7.47. The van der Waals surface area contributed by atoms with Crippen LogP contribution in [0.2, 0.25) is 0 Å². The van der Waals surface area contributed by atoms with Crippen molar-refractivity contribution in [3.05, 3.63) is 29.8 Å². The molecule has 20 heavy (non-hydrogen) atoms. The molecule has 2 aliphatic rings. The molecule has 0 heterocycles. The van der Waals surface area contributed by atoms with Crippen LogP contribution >= 0.6 is 0 Å². The SMILES string of the molecule is N[C@H]1CC[C@@H](C(=O)N(Cc2cccc(O)c2)C2CC2)C1. The Morgan fingerprint density at radius 3 is 2.70 bits per heavy atom. The minimum atomic E-state index is 0.0999. The van der Waals surface area contributed by atoms with E-state index in [4.69, 9.17) is 5.73 Å². The standard InChI is InChI=1S/C16H22N2O2/c17-13-5-4-12(9-13)16(20)18(14-6-7-14)10-11-2-1-3-15(19)8-11/h1-3,8,12-14,19H,4-7,9-10,17H2/t12-,13+/m1/s1. The lowest BCUT2D eigenvalue weighted by Gasteiger charge is -2.26. The van der Waals surface area contributed by atoms with Gasteiger partial charge in [0.15, 0.2) is 0 Å². The van der Waals surface area contributed by atoms with E-state index < -0.39 is 0 Å². The third-order valence-electron chi connectivity index (χ3n) is 4.36. The number of amides is 1. The van der Waals surface area contributed by atoms with Gasteiger partial charge in [0.05, 0.1) is 0 Å². The number of nitrogens with two attached hydrogens (primary N) is 1. The highest BCUT2D eigenvalue weighted by atomic mass is 16.3. The number of carbonyl (C=O) groups is 1. The van der Waals surface area contributed by atoms with Crippen molar-refractivity contribution in [1.29, 1.82) is 0 Å². The maximum atomic E-state index is 12.7. The molecule has 2 atom stereocenters. The van der Waals surface area contributed by atoms with Crippen molar-refractivity contribution in [3.8, 4) is 5.75 Å². The summed E-state index contributed by atoms with van der Waals surface area (Å²) < 4.78 is 0. The van der Waals surface area contributed by atoms with E-state index in [2.05, 4.69) is 0 Å². The smallest absolute Gasteiger partial charge is 0.226 e. The zero-order chi connectivity index (χ0) is 14.1. The Bertz CT molecular complexity index is 499. The van der Waals surface area contributed by atoms with E-state index in [1.165, 1.54) is 0 Å². The fraction of sp³-hybridized carbons (Fsp3) is 0.562. The number of phenols is 1. The van der Waals surface area contributed by atoms with Crippen LogP contribution in [0.25, 0.3) is 0 Å². The number of phenolic OH excluding ortho intramolecular Hbond substituents is 1. The molecule has 1 amide bonds. The van der Waals surface area contributed by atoms with Gasteiger partial charge in [0.1, 0.15) is 5.75 Å². The predicted molar refractivity (Wildman–Crippen MR) is 77.0 cm³/mol. The maximum Gasteiger partial charge on any atom is 0.226 e. The molecular formula is C16H22N2O2. The molecular weight excluding hydrogens is 252 g/mol. The van der Waals surface area contributed by atoms with E-state index in [0.29, 0.717) is 12.6 Å². The number of rotatable bonds is 4. The van der Waals surface area contributed by atoms with Crippen LogP contribution in [0, 0.1) is 5.92 Å². The fourth-order valence-electron chi connectivity index (χ4n) is 3.10. The minimum Gasteiger partial charge on any atom is -0.508 e. The average molecular weight is 274 g/mol. The zero-order valence-electron chi connectivity index (χ0n) is 11.7. The van der Waals surface area contributed by atoms with Crippen molar-refractivity contribution in [2.45, 2.75) is 50.7 Å². The van der Waals surface area contributed by atoms with Crippen LogP contribution in [-0.4, -0.2) is 28.0 Å². The van der Waals surface area contributed by atoms with Gasteiger partial charge in [0.25, 0.3) is 0 Å². The van der Waals surface area contributed by atoms with Gasteiger partial charge < -0.3 is 15.7 Å². The molecule has 4 nitrogen and oxygen atoms in total. The quantitative estimate of drug-likeness (QED) is 0.882. The highest BCUT2D eigenvalue weighted by Crippen LogP contribution is 2.34. The number of benzene rings is 1. The van der Waals surface area contributed by atoms with Gasteiger partial charge >= 0.3 is 0 Å². The third-order valence-corrected chi connectivity index (χ3v) is 4.36. The monoisotopic (exact) mass is 274 g/mol. The Kier molecular flexibility index (Phi) is 3.66. The van der Waals surface area contributed by atoms with Gasteiger partial charge in [-0.15, -0.1) is 0 Å². The van der Waals surface area contributed by atoms with Crippen LogP contribution in [0.4, 0.5) is 0 Å². The Morgan fingerprint density at radius 2 is 2.10 bits per heavy atom. The number of hydrogen-bond donors (Lipinski definition) is 2. The summed E-state index contributed by atoms with van der Waals surface area (Å²) in [4.78, 5) is 14.7. The molecule has 3 rings (SSSR count). The molecule has 3 N–H and O–H groups in total. The summed E-state index contributed by atoms with van der Waals surface area (Å²) >= 11 is 0. The minimum absolute atomic E-state index is 0.0999. The molecule has 2 aliphatic carbocycles. The molecule has 0 bridgehead atoms. The largest absolute Gasteiger partial charge is 0.508 e. The van der Waals surface area contributed by atoms with Crippen LogP contribution in [0.3, 0.4) is 0 Å². The van der Waals surface area contributed by atoms with Gasteiger partial charge in [-0.25, -0.2) is 0 Å². The molecule has 0 unspecified atom stereocenters. The van der Waals surface area contributed by atoms with E-state index in [9.17, 15) is 9.90 Å². The second-order valence-electron chi connectivity index (χ2n) is 6.14. The van der Waals surface area contributed by atoms with Crippen molar-refractivity contribution in [1.82, 2.24) is 4.90 Å². The van der Waals surface area contributed by atoms with Crippen LogP contribution in [0.1, 0.15) is 37.7 Å². The Balaban J connectivity index is 1.71. The van der Waals surface area contributed by atoms with Crippen LogP contribution in [0.15, 0.2) is 24.3 Å². The first kappa shape index (κ1) is 13.4. The van der Waals surface area contributed by atoms with Gasteiger partial charge in [0, 0.05) is 24.5 Å². The molecule has 0 spiro atoms. The topological polar surface area (TPSA) is 66.6 Å². The zero-order valence-corrected chi connectivity index (χ0v) is 11.7. The van der Waals surface area contributed by atoms with Gasteiger partial charge in [-0.1, -0.05) is 12.1 Å². The lowest BCUT2D eigenvalue weighted by Crippen LogP contribution is -2.37. The molecule has 2 fully saturated rings. The van der Waals surface area contributed by atoms with Crippen molar-refractivity contribution >= 4 is 5.91 Å². The number of hydrogen-bond acceptors (Lipinski definition) is 3. The van der Waals surface area contributed by atoms with E-state index in [1.807, 2.05) is 17.0 Å². The van der Waals surface area contributed by atoms with Gasteiger partial charge in [-0.05, 0) is 49.8 Å². The first-order chi connectivity index (χ1) is 9.63. The first-order valence-corrected chi connectivity index (χ1v) is 7.47. The summed E-state index contributed by atoms with van der Waals surface area (Å²) in [6.07, 6.45) is 4.90. The summed E-state index contributed by atoms with van der Waals surface area (Å²) in [7, 11) is 0. The van der Waals surface area contributed by atoms with Crippen molar-refractivity contribution in [2.24, 2.45) is 11.7 Å². The molecule has 0 aliphatic heterocycles.